The number of fused-ring (bicyclic) bond motifs is 1. The average Bonchev–Trinajstić information content (AvgIpc) is 3.07. The molecule has 2 aromatic carbocycles. The summed E-state index contributed by atoms with van der Waals surface area (Å²) in [4.78, 5) is 12.5. The topological polar surface area (TPSA) is 84.9 Å². The van der Waals surface area contributed by atoms with Crippen LogP contribution in [0.1, 0.15) is 15.9 Å². The first-order valence-corrected chi connectivity index (χ1v) is 9.02. The Labute approximate surface area is 146 Å². The van der Waals surface area contributed by atoms with Crippen LogP contribution in [0, 0.1) is 0 Å². The Hall–Kier alpha value is -2.58. The second-order valence-corrected chi connectivity index (χ2v) is 7.77. The number of ether oxygens (including phenoxy) is 2. The number of rotatable bonds is 5. The van der Waals surface area contributed by atoms with Crippen LogP contribution < -0.4 is 14.8 Å². The normalized spacial score (nSPS) is 13.1. The van der Waals surface area contributed by atoms with Gasteiger partial charge < -0.3 is 14.8 Å². The number of benzene rings is 2. The number of sulfonamides is 1. The van der Waals surface area contributed by atoms with Crippen molar-refractivity contribution in [2.45, 2.75) is 11.4 Å². The summed E-state index contributed by atoms with van der Waals surface area (Å²) in [7, 11) is -0.643. The molecule has 25 heavy (non-hydrogen) atoms. The smallest absolute Gasteiger partial charge is 0.251 e. The molecule has 1 aliphatic heterocycles. The number of hydrogen-bond acceptors (Lipinski definition) is 5. The van der Waals surface area contributed by atoms with Crippen molar-refractivity contribution in [1.29, 1.82) is 0 Å². The van der Waals surface area contributed by atoms with Gasteiger partial charge in [0, 0.05) is 26.2 Å². The molecule has 2 aromatic rings. The van der Waals surface area contributed by atoms with Gasteiger partial charge in [-0.2, -0.15) is 0 Å². The molecule has 0 spiro atoms. The molecule has 3 rings (SSSR count). The molecular weight excluding hydrogens is 344 g/mol. The molecule has 0 saturated carbocycles. The fourth-order valence-corrected chi connectivity index (χ4v) is 3.53. The molecule has 7 nitrogen and oxygen atoms in total. The minimum Gasteiger partial charge on any atom is -0.454 e. The van der Waals surface area contributed by atoms with Crippen LogP contribution in [0.3, 0.4) is 0 Å². The van der Waals surface area contributed by atoms with Gasteiger partial charge in [-0.1, -0.05) is 18.2 Å². The fraction of sp³-hybridized carbons (Fsp3) is 0.235. The zero-order valence-electron chi connectivity index (χ0n) is 13.9. The van der Waals surface area contributed by atoms with E-state index in [0.29, 0.717) is 22.6 Å². The SMILES string of the molecule is CN(C)S(=O)(=O)c1ccccc1CNC(=O)c1ccc2c(c1)OCO2. The Morgan fingerprint density at radius 2 is 1.84 bits per heavy atom. The zero-order valence-corrected chi connectivity index (χ0v) is 14.7. The van der Waals surface area contributed by atoms with Crippen LogP contribution in [0.4, 0.5) is 0 Å². The third-order valence-corrected chi connectivity index (χ3v) is 5.72. The molecule has 0 bridgehead atoms. The summed E-state index contributed by atoms with van der Waals surface area (Å²) in [5, 5.41) is 2.74. The lowest BCUT2D eigenvalue weighted by Gasteiger charge is -2.15. The summed E-state index contributed by atoms with van der Waals surface area (Å²) in [6, 6.07) is 11.5. The first-order valence-electron chi connectivity index (χ1n) is 7.58. The second kappa shape index (κ2) is 6.73. The molecule has 0 aliphatic carbocycles. The van der Waals surface area contributed by atoms with Gasteiger partial charge in [-0.15, -0.1) is 0 Å². The van der Waals surface area contributed by atoms with Crippen molar-refractivity contribution in [2.75, 3.05) is 20.9 Å². The highest BCUT2D eigenvalue weighted by atomic mass is 32.2. The molecule has 132 valence electrons. The maximum absolute atomic E-state index is 12.4. The minimum atomic E-state index is -3.58. The van der Waals surface area contributed by atoms with Gasteiger partial charge in [0.2, 0.25) is 16.8 Å². The zero-order chi connectivity index (χ0) is 18.0. The maximum atomic E-state index is 12.4. The van der Waals surface area contributed by atoms with Crippen LogP contribution in [0.2, 0.25) is 0 Å². The first kappa shape index (κ1) is 17.2. The molecule has 0 radical (unpaired) electrons. The van der Waals surface area contributed by atoms with E-state index in [1.807, 2.05) is 0 Å². The van der Waals surface area contributed by atoms with E-state index in [1.54, 1.807) is 36.4 Å². The van der Waals surface area contributed by atoms with E-state index in [0.717, 1.165) is 4.31 Å². The van der Waals surface area contributed by atoms with Crippen LogP contribution in [-0.4, -0.2) is 39.5 Å². The van der Waals surface area contributed by atoms with Gasteiger partial charge in [-0.05, 0) is 29.8 Å². The van der Waals surface area contributed by atoms with Crippen molar-refractivity contribution in [1.82, 2.24) is 9.62 Å². The van der Waals surface area contributed by atoms with Crippen LogP contribution >= 0.6 is 0 Å². The van der Waals surface area contributed by atoms with Crippen LogP contribution in [0.5, 0.6) is 11.5 Å². The van der Waals surface area contributed by atoms with Crippen molar-refractivity contribution >= 4 is 15.9 Å². The van der Waals surface area contributed by atoms with Crippen LogP contribution in [-0.2, 0) is 16.6 Å². The summed E-state index contributed by atoms with van der Waals surface area (Å²) in [5.41, 5.74) is 0.933. The average molecular weight is 362 g/mol. The van der Waals surface area contributed by atoms with Crippen molar-refractivity contribution < 1.29 is 22.7 Å². The van der Waals surface area contributed by atoms with Crippen LogP contribution in [0.25, 0.3) is 0 Å². The number of amides is 1. The molecule has 1 N–H and O–H groups in total. The summed E-state index contributed by atoms with van der Waals surface area (Å²) in [6.07, 6.45) is 0. The van der Waals surface area contributed by atoms with E-state index in [1.165, 1.54) is 20.2 Å². The van der Waals surface area contributed by atoms with Gasteiger partial charge in [-0.25, -0.2) is 12.7 Å². The molecule has 0 aromatic heterocycles. The number of hydrogen-bond donors (Lipinski definition) is 1. The molecule has 0 unspecified atom stereocenters. The van der Waals surface area contributed by atoms with Gasteiger partial charge in [0.25, 0.3) is 5.91 Å². The second-order valence-electron chi connectivity index (χ2n) is 5.65. The van der Waals surface area contributed by atoms with E-state index < -0.39 is 10.0 Å². The third kappa shape index (κ3) is 3.45. The Bertz CT molecular complexity index is 909. The minimum absolute atomic E-state index is 0.0938. The lowest BCUT2D eigenvalue weighted by Crippen LogP contribution is -2.27. The predicted octanol–water partition coefficient (Wildman–Crippen LogP) is 1.60. The molecule has 0 atom stereocenters. The number of nitrogens with zero attached hydrogens (tertiary/aromatic N) is 1. The predicted molar refractivity (Wildman–Crippen MR) is 91.1 cm³/mol. The van der Waals surface area contributed by atoms with Crippen molar-refractivity contribution in [2.24, 2.45) is 0 Å². The molecule has 1 heterocycles. The van der Waals surface area contributed by atoms with Gasteiger partial charge >= 0.3 is 0 Å². The Balaban J connectivity index is 1.77. The highest BCUT2D eigenvalue weighted by molar-refractivity contribution is 7.89. The molecule has 0 saturated heterocycles. The highest BCUT2D eigenvalue weighted by Crippen LogP contribution is 2.32. The van der Waals surface area contributed by atoms with E-state index in [-0.39, 0.29) is 24.1 Å². The first-order chi connectivity index (χ1) is 11.9. The quantitative estimate of drug-likeness (QED) is 0.873. The summed E-state index contributed by atoms with van der Waals surface area (Å²) < 4.78 is 36.4. The summed E-state index contributed by atoms with van der Waals surface area (Å²) >= 11 is 0. The Kier molecular flexibility index (Phi) is 4.65. The largest absolute Gasteiger partial charge is 0.454 e. The van der Waals surface area contributed by atoms with Crippen molar-refractivity contribution in [3.05, 3.63) is 53.6 Å². The van der Waals surface area contributed by atoms with Gasteiger partial charge in [0.05, 0.1) is 4.90 Å². The Morgan fingerprint density at radius 3 is 2.60 bits per heavy atom. The molecule has 1 aliphatic rings. The molecule has 0 fully saturated rings. The number of nitrogens with one attached hydrogen (secondary N) is 1. The number of carbonyl (C=O) groups excluding carboxylic acids is 1. The lowest BCUT2D eigenvalue weighted by molar-refractivity contribution is 0.0950. The number of carbonyl (C=O) groups is 1. The lowest BCUT2D eigenvalue weighted by atomic mass is 10.1. The maximum Gasteiger partial charge on any atom is 0.251 e. The van der Waals surface area contributed by atoms with Gasteiger partial charge in [0.15, 0.2) is 11.5 Å². The molecule has 8 heteroatoms. The molecule has 1 amide bonds. The Morgan fingerprint density at radius 1 is 1.12 bits per heavy atom. The molecular formula is C17H18N2O5S. The summed E-state index contributed by atoms with van der Waals surface area (Å²) in [5.74, 6) is 0.789. The monoisotopic (exact) mass is 362 g/mol. The standard InChI is InChI=1S/C17H18N2O5S/c1-19(2)25(21,22)16-6-4-3-5-13(16)10-18-17(20)12-7-8-14-15(9-12)24-11-23-14/h3-9H,10-11H2,1-2H3,(H,18,20). The van der Waals surface area contributed by atoms with Gasteiger partial charge in [0.1, 0.15) is 0 Å². The summed E-state index contributed by atoms with van der Waals surface area (Å²) in [6.45, 7) is 0.229. The fourth-order valence-electron chi connectivity index (χ4n) is 2.41. The van der Waals surface area contributed by atoms with Crippen molar-refractivity contribution in [3.8, 4) is 11.5 Å². The van der Waals surface area contributed by atoms with E-state index >= 15 is 0 Å². The van der Waals surface area contributed by atoms with E-state index in [4.69, 9.17) is 9.47 Å². The third-order valence-electron chi connectivity index (χ3n) is 3.81. The van der Waals surface area contributed by atoms with Gasteiger partial charge in [-0.3, -0.25) is 4.79 Å². The van der Waals surface area contributed by atoms with E-state index in [2.05, 4.69) is 5.32 Å². The van der Waals surface area contributed by atoms with Crippen LogP contribution in [0.15, 0.2) is 47.4 Å². The van der Waals surface area contributed by atoms with E-state index in [9.17, 15) is 13.2 Å². The highest BCUT2D eigenvalue weighted by Gasteiger charge is 2.21. The van der Waals surface area contributed by atoms with Crippen molar-refractivity contribution in [3.63, 3.8) is 0 Å².